The van der Waals surface area contributed by atoms with Crippen LogP contribution in [0, 0.1) is 6.92 Å². The summed E-state index contributed by atoms with van der Waals surface area (Å²) in [5.74, 6) is -0.695. The smallest absolute Gasteiger partial charge is 0.324 e. The Balaban J connectivity index is 0.877. The second-order valence-electron chi connectivity index (χ2n) is 17.1. The van der Waals surface area contributed by atoms with Gasteiger partial charge in [-0.1, -0.05) is 64.2 Å². The average Bonchev–Trinajstić information content (AvgIpc) is 3.93. The van der Waals surface area contributed by atoms with E-state index in [4.69, 9.17) is 15.5 Å². The van der Waals surface area contributed by atoms with Crippen LogP contribution in [0.25, 0.3) is 10.6 Å². The largest absolute Gasteiger partial charge is 0.508 e. The number of benzene rings is 2. The number of phenols is 2. The van der Waals surface area contributed by atoms with E-state index in [-0.39, 0.29) is 59.8 Å². The lowest BCUT2D eigenvalue weighted by Gasteiger charge is -2.35. The average molecular weight is 840 g/mol. The Bertz CT molecular complexity index is 2300. The number of piperazine rings is 1. The Hall–Kier alpha value is -5.65. The van der Waals surface area contributed by atoms with Crippen molar-refractivity contribution in [3.8, 4) is 22.1 Å². The molecule has 2 aromatic heterocycles. The van der Waals surface area contributed by atoms with Gasteiger partial charge in [0.05, 0.1) is 27.9 Å². The van der Waals surface area contributed by atoms with E-state index in [9.17, 15) is 29.4 Å². The molecule has 2 aromatic carbocycles. The molecule has 2 atom stereocenters. The number of thiazole rings is 1. The van der Waals surface area contributed by atoms with Crippen LogP contribution in [0.5, 0.6) is 11.5 Å². The number of nitrogens with one attached hydrogen (secondary N) is 1. The summed E-state index contributed by atoms with van der Waals surface area (Å²) in [6.07, 6.45) is 1.33. The number of aryl methyl sites for hydroxylation is 1. The molecular formula is C43H53N9O7S. The van der Waals surface area contributed by atoms with E-state index in [0.29, 0.717) is 73.7 Å². The zero-order valence-electron chi connectivity index (χ0n) is 34.9. The fourth-order valence-electron chi connectivity index (χ4n) is 7.89. The maximum Gasteiger partial charge on any atom is 0.324 e. The predicted molar refractivity (Wildman–Crippen MR) is 225 cm³/mol. The molecule has 0 spiro atoms. The zero-order chi connectivity index (χ0) is 43.0. The van der Waals surface area contributed by atoms with Gasteiger partial charge in [-0.25, -0.2) is 19.7 Å². The number of primary amides is 1. The number of hydrogen-bond donors (Lipinski definition) is 4. The number of anilines is 1. The number of rotatable bonds is 10. The van der Waals surface area contributed by atoms with Gasteiger partial charge in [0.15, 0.2) is 5.13 Å². The number of carbonyl (C=O) groups is 4. The van der Waals surface area contributed by atoms with Crippen LogP contribution in [0.2, 0.25) is 0 Å². The Morgan fingerprint density at radius 2 is 1.70 bits per heavy atom. The lowest BCUT2D eigenvalue weighted by molar-refractivity contribution is -0.139. The van der Waals surface area contributed by atoms with Crippen LogP contribution in [0.4, 0.5) is 9.93 Å². The quantitative estimate of drug-likeness (QED) is 0.172. The number of ether oxygens (including phenoxy) is 1. The first-order chi connectivity index (χ1) is 28.4. The first-order valence-electron chi connectivity index (χ1n) is 20.2. The number of phenolic OH excluding ortho intramolecular Hbond substituents is 2. The molecule has 5 N–H and O–H groups in total. The van der Waals surface area contributed by atoms with Crippen LogP contribution in [0.3, 0.4) is 0 Å². The molecule has 7 rings (SSSR count). The molecule has 2 fully saturated rings. The summed E-state index contributed by atoms with van der Waals surface area (Å²) in [4.78, 5) is 74.1. The summed E-state index contributed by atoms with van der Waals surface area (Å²) in [6, 6.07) is 9.41. The second-order valence-corrected chi connectivity index (χ2v) is 18.1. The summed E-state index contributed by atoms with van der Waals surface area (Å²) in [7, 11) is 0. The third-order valence-corrected chi connectivity index (χ3v) is 12.4. The van der Waals surface area contributed by atoms with Crippen molar-refractivity contribution in [1.29, 1.82) is 0 Å². The molecule has 0 saturated carbocycles. The van der Waals surface area contributed by atoms with Crippen molar-refractivity contribution in [3.63, 3.8) is 0 Å². The number of likely N-dealkylation sites (tertiary alicyclic amines) is 1. The van der Waals surface area contributed by atoms with Gasteiger partial charge in [0, 0.05) is 76.5 Å². The molecule has 0 aliphatic carbocycles. The summed E-state index contributed by atoms with van der Waals surface area (Å²) < 4.78 is 5.98. The van der Waals surface area contributed by atoms with E-state index in [1.165, 1.54) is 22.3 Å². The van der Waals surface area contributed by atoms with E-state index >= 15 is 0 Å². The van der Waals surface area contributed by atoms with Crippen molar-refractivity contribution in [2.75, 3.05) is 44.6 Å². The van der Waals surface area contributed by atoms with Gasteiger partial charge in [0.25, 0.3) is 5.91 Å². The third-order valence-electron chi connectivity index (χ3n) is 11.3. The minimum Gasteiger partial charge on any atom is -0.508 e. The molecule has 2 saturated heterocycles. The molecule has 0 radical (unpaired) electrons. The maximum absolute atomic E-state index is 13.4. The van der Waals surface area contributed by atoms with Gasteiger partial charge in [-0.2, -0.15) is 0 Å². The number of carbonyl (C=O) groups excluding carboxylic acids is 4. The molecule has 318 valence electrons. The highest BCUT2D eigenvalue weighted by Gasteiger charge is 2.40. The second kappa shape index (κ2) is 17.1. The van der Waals surface area contributed by atoms with Gasteiger partial charge >= 0.3 is 6.03 Å². The van der Waals surface area contributed by atoms with E-state index in [1.54, 1.807) is 28.1 Å². The van der Waals surface area contributed by atoms with Gasteiger partial charge in [0.2, 0.25) is 11.8 Å². The van der Waals surface area contributed by atoms with Crippen LogP contribution >= 0.6 is 11.3 Å². The molecule has 5 amide bonds. The highest BCUT2D eigenvalue weighted by atomic mass is 32.1. The molecule has 4 aromatic rings. The number of amides is 5. The Labute approximate surface area is 353 Å². The van der Waals surface area contributed by atoms with Crippen molar-refractivity contribution in [1.82, 2.24) is 34.6 Å². The highest BCUT2D eigenvalue weighted by molar-refractivity contribution is 7.19. The van der Waals surface area contributed by atoms with Crippen molar-refractivity contribution < 1.29 is 34.1 Å². The Morgan fingerprint density at radius 3 is 2.40 bits per heavy atom. The lowest BCUT2D eigenvalue weighted by Crippen LogP contribution is -2.49. The number of hydrogen-bond acceptors (Lipinski definition) is 12. The van der Waals surface area contributed by atoms with Crippen LogP contribution in [0.15, 0.2) is 42.6 Å². The number of nitrogens with two attached hydrogens (primary N) is 1. The first-order valence-corrected chi connectivity index (χ1v) is 21.0. The van der Waals surface area contributed by atoms with Crippen molar-refractivity contribution in [3.05, 3.63) is 81.9 Å². The highest BCUT2D eigenvalue weighted by Crippen LogP contribution is 2.36. The fraction of sp³-hybridized carbons (Fsp3) is 0.465. The van der Waals surface area contributed by atoms with Crippen molar-refractivity contribution in [2.45, 2.75) is 91.1 Å². The van der Waals surface area contributed by atoms with Crippen molar-refractivity contribution in [2.24, 2.45) is 5.73 Å². The number of aromatic hydroxyl groups is 2. The molecule has 0 bridgehead atoms. The number of nitrogens with zero attached hydrogens (tertiary/aromatic N) is 7. The van der Waals surface area contributed by atoms with Gasteiger partial charge in [-0.05, 0) is 47.2 Å². The molecule has 17 heteroatoms. The standard InChI is InChI=1S/C43H53N9O7S/c1-24(2)30-17-31(35(54)18-34(30)53)39(57)51-20-27-8-7-26(15-28(27)21-51)19-49-11-13-50(14-12-49)36(55)23-59-29-16-33(38(44)56)52(22-29)42(58)48-41-46-25(3)37(60-41)32-9-10-45-40(47-32)43(4,5)6/h7-10,15,17-18,24,29,33,53-54H,11-14,16,19-23H2,1-6H3,(H2,44,56)(H,46,48,58)/t29-,33+/m0/s1. The SMILES string of the molecule is Cc1nc(NC(=O)N2C[C@@H](OCC(=O)N3CCN(Cc4ccc5c(c4)CN(C(=O)c4cc(C(C)C)c(O)cc4O)C5)CC3)C[C@@H]2C(N)=O)sc1-c1ccnc(C(C)(C)C)n1. The monoisotopic (exact) mass is 839 g/mol. The van der Waals surface area contributed by atoms with Gasteiger partial charge in [0.1, 0.15) is 30.0 Å². The molecule has 60 heavy (non-hydrogen) atoms. The molecule has 0 unspecified atom stereocenters. The number of aromatic nitrogens is 3. The predicted octanol–water partition coefficient (Wildman–Crippen LogP) is 4.72. The lowest BCUT2D eigenvalue weighted by atomic mass is 9.95. The van der Waals surface area contributed by atoms with Crippen molar-refractivity contribution >= 4 is 40.2 Å². The fourth-order valence-corrected chi connectivity index (χ4v) is 8.82. The Kier molecular flexibility index (Phi) is 12.1. The summed E-state index contributed by atoms with van der Waals surface area (Å²) in [6.45, 7) is 15.6. The van der Waals surface area contributed by atoms with E-state index in [2.05, 4.69) is 32.3 Å². The van der Waals surface area contributed by atoms with E-state index in [1.807, 2.05) is 47.6 Å². The van der Waals surface area contributed by atoms with Crippen LogP contribution in [0.1, 0.15) is 91.1 Å². The molecular weight excluding hydrogens is 787 g/mol. The van der Waals surface area contributed by atoms with E-state index in [0.717, 1.165) is 21.6 Å². The summed E-state index contributed by atoms with van der Waals surface area (Å²) in [5, 5.41) is 23.9. The van der Waals surface area contributed by atoms with Gasteiger partial charge in [-0.3, -0.25) is 24.6 Å². The third kappa shape index (κ3) is 9.22. The topological polar surface area (TPSA) is 208 Å². The number of fused-ring (bicyclic) bond motifs is 1. The molecule has 3 aliphatic rings. The van der Waals surface area contributed by atoms with Crippen LogP contribution < -0.4 is 11.1 Å². The minimum atomic E-state index is -0.904. The number of urea groups is 1. The van der Waals surface area contributed by atoms with Gasteiger partial charge < -0.3 is 35.4 Å². The van der Waals surface area contributed by atoms with E-state index < -0.39 is 24.1 Å². The maximum atomic E-state index is 13.4. The summed E-state index contributed by atoms with van der Waals surface area (Å²) >= 11 is 1.28. The minimum absolute atomic E-state index is 0.0121. The molecule has 5 heterocycles. The normalized spacial score (nSPS) is 18.3. The molecule has 16 nitrogen and oxygen atoms in total. The van der Waals surface area contributed by atoms with Crippen LogP contribution in [-0.2, 0) is 39.4 Å². The molecule has 3 aliphatic heterocycles. The zero-order valence-corrected chi connectivity index (χ0v) is 35.7. The Morgan fingerprint density at radius 1 is 0.967 bits per heavy atom. The first kappa shape index (κ1) is 42.5. The van der Waals surface area contributed by atoms with Gasteiger partial charge in [-0.15, -0.1) is 0 Å². The van der Waals surface area contributed by atoms with Crippen LogP contribution in [-0.4, -0.2) is 120 Å². The summed E-state index contributed by atoms with van der Waals surface area (Å²) in [5.41, 5.74) is 10.9.